The maximum atomic E-state index is 12.8. The predicted molar refractivity (Wildman–Crippen MR) is 115 cm³/mol. The molecule has 0 bridgehead atoms. The molecule has 2 N–H and O–H groups in total. The highest BCUT2D eigenvalue weighted by Gasteiger charge is 2.18. The maximum absolute atomic E-state index is 12.8. The third kappa shape index (κ3) is 5.17. The molecule has 0 aliphatic heterocycles. The van der Waals surface area contributed by atoms with E-state index in [2.05, 4.69) is 33.5 Å². The number of H-pyrrole nitrogens is 1. The van der Waals surface area contributed by atoms with Gasteiger partial charge in [-0.15, -0.1) is 0 Å². The largest absolute Gasteiger partial charge is 0.467 e. The summed E-state index contributed by atoms with van der Waals surface area (Å²) >= 11 is 0. The van der Waals surface area contributed by atoms with Gasteiger partial charge in [-0.05, 0) is 51.0 Å². The van der Waals surface area contributed by atoms with E-state index in [-0.39, 0.29) is 24.7 Å². The van der Waals surface area contributed by atoms with E-state index in [0.717, 1.165) is 16.7 Å². The van der Waals surface area contributed by atoms with Crippen LogP contribution in [0, 0.1) is 20.8 Å². The summed E-state index contributed by atoms with van der Waals surface area (Å²) in [6.45, 7) is 8.73. The summed E-state index contributed by atoms with van der Waals surface area (Å²) in [6.07, 6.45) is 2.09. The molecule has 1 aromatic carbocycles. The van der Waals surface area contributed by atoms with Gasteiger partial charge >= 0.3 is 6.03 Å². The molecule has 0 unspecified atom stereocenters. The first-order valence-electron chi connectivity index (χ1n) is 10.1. The van der Waals surface area contributed by atoms with Gasteiger partial charge in [0.1, 0.15) is 11.6 Å². The van der Waals surface area contributed by atoms with E-state index < -0.39 is 0 Å². The number of benzene rings is 1. The van der Waals surface area contributed by atoms with Crippen LogP contribution in [0.2, 0.25) is 0 Å². The minimum absolute atomic E-state index is 0.173. The number of urea groups is 1. The third-order valence-corrected chi connectivity index (χ3v) is 5.03. The van der Waals surface area contributed by atoms with Gasteiger partial charge in [-0.1, -0.05) is 23.8 Å². The van der Waals surface area contributed by atoms with Gasteiger partial charge in [0, 0.05) is 24.2 Å². The Morgan fingerprint density at radius 3 is 2.67 bits per heavy atom. The highest BCUT2D eigenvalue weighted by molar-refractivity contribution is 5.73. The van der Waals surface area contributed by atoms with Crippen molar-refractivity contribution >= 4 is 6.03 Å². The lowest BCUT2D eigenvalue weighted by atomic mass is 9.98. The van der Waals surface area contributed by atoms with Gasteiger partial charge in [0.2, 0.25) is 0 Å². The topological polar surface area (TPSA) is 91.2 Å². The zero-order valence-electron chi connectivity index (χ0n) is 17.9. The fourth-order valence-electron chi connectivity index (χ4n) is 3.37. The molecule has 0 spiro atoms. The van der Waals surface area contributed by atoms with Gasteiger partial charge in [0.15, 0.2) is 0 Å². The number of carbonyl (C=O) groups excluding carboxylic acids is 1. The second-order valence-corrected chi connectivity index (χ2v) is 7.45. The van der Waals surface area contributed by atoms with E-state index in [1.807, 2.05) is 27.7 Å². The van der Waals surface area contributed by atoms with E-state index in [9.17, 15) is 9.59 Å². The molecule has 3 rings (SSSR count). The Morgan fingerprint density at radius 2 is 2.00 bits per heavy atom. The first kappa shape index (κ1) is 21.4. The molecule has 30 heavy (non-hydrogen) atoms. The molecule has 3 aromatic rings. The van der Waals surface area contributed by atoms with Crippen LogP contribution in [0.15, 0.2) is 45.8 Å². The number of amides is 2. The molecule has 0 atom stereocenters. The first-order chi connectivity index (χ1) is 14.4. The van der Waals surface area contributed by atoms with Crippen molar-refractivity contribution in [1.82, 2.24) is 20.2 Å². The number of aromatic nitrogens is 2. The van der Waals surface area contributed by atoms with Gasteiger partial charge in [0.25, 0.3) is 5.56 Å². The smallest absolute Gasteiger partial charge is 0.318 e. The molecule has 0 radical (unpaired) electrons. The molecular formula is C23H28N4O3. The summed E-state index contributed by atoms with van der Waals surface area (Å²) < 4.78 is 5.37. The van der Waals surface area contributed by atoms with Crippen LogP contribution < -0.4 is 10.9 Å². The number of furan rings is 1. The Bertz CT molecular complexity index is 1070. The van der Waals surface area contributed by atoms with Crippen molar-refractivity contribution in [2.75, 3.05) is 6.54 Å². The summed E-state index contributed by atoms with van der Waals surface area (Å²) in [5, 5.41) is 2.79. The van der Waals surface area contributed by atoms with Crippen molar-refractivity contribution in [3.8, 4) is 0 Å². The Balaban J connectivity index is 1.84. The van der Waals surface area contributed by atoms with E-state index >= 15 is 0 Å². The highest BCUT2D eigenvalue weighted by Crippen LogP contribution is 2.16. The van der Waals surface area contributed by atoms with Gasteiger partial charge < -0.3 is 19.6 Å². The van der Waals surface area contributed by atoms with Crippen molar-refractivity contribution in [2.45, 2.75) is 47.2 Å². The minimum Gasteiger partial charge on any atom is -0.467 e. The highest BCUT2D eigenvalue weighted by atomic mass is 16.3. The quantitative estimate of drug-likeness (QED) is 0.625. The standard InChI is InChI=1S/C23H28N4O3/c1-5-24-23(29)27(13-19-7-6-10-30-19)14-21-25-17(4)20(22(28)26-21)12-18-11-15(2)8-9-16(18)3/h6-11H,5,12-14H2,1-4H3,(H,24,29)(H,25,26,28). The zero-order chi connectivity index (χ0) is 21.7. The Kier molecular flexibility index (Phi) is 6.72. The number of hydrogen-bond acceptors (Lipinski definition) is 4. The summed E-state index contributed by atoms with van der Waals surface area (Å²) in [6, 6.07) is 9.57. The second-order valence-electron chi connectivity index (χ2n) is 7.45. The van der Waals surface area contributed by atoms with Crippen molar-refractivity contribution in [2.24, 2.45) is 0 Å². The molecule has 2 amide bonds. The molecular weight excluding hydrogens is 380 g/mol. The Hall–Kier alpha value is -3.35. The molecule has 7 nitrogen and oxygen atoms in total. The normalized spacial score (nSPS) is 10.8. The van der Waals surface area contributed by atoms with Crippen molar-refractivity contribution in [3.63, 3.8) is 0 Å². The monoisotopic (exact) mass is 408 g/mol. The van der Waals surface area contributed by atoms with Crippen LogP contribution in [0.4, 0.5) is 4.79 Å². The molecule has 0 aliphatic rings. The van der Waals surface area contributed by atoms with Crippen LogP contribution in [0.25, 0.3) is 0 Å². The number of aryl methyl sites for hydroxylation is 3. The number of nitrogens with zero attached hydrogens (tertiary/aromatic N) is 2. The molecule has 0 saturated carbocycles. The molecule has 0 saturated heterocycles. The SMILES string of the molecule is CCNC(=O)N(Cc1nc(C)c(Cc2cc(C)ccc2C)c(=O)[nH]1)Cc1ccco1. The fraction of sp³-hybridized carbons (Fsp3) is 0.348. The summed E-state index contributed by atoms with van der Waals surface area (Å²) in [7, 11) is 0. The maximum Gasteiger partial charge on any atom is 0.318 e. The molecule has 2 heterocycles. The Morgan fingerprint density at radius 1 is 1.20 bits per heavy atom. The number of hydrogen-bond donors (Lipinski definition) is 2. The third-order valence-electron chi connectivity index (χ3n) is 5.03. The van der Waals surface area contributed by atoms with Crippen LogP contribution in [0.5, 0.6) is 0 Å². The molecule has 0 fully saturated rings. The zero-order valence-corrected chi connectivity index (χ0v) is 17.9. The van der Waals surface area contributed by atoms with E-state index in [1.165, 1.54) is 0 Å². The van der Waals surface area contributed by atoms with E-state index in [0.29, 0.717) is 35.8 Å². The molecule has 2 aromatic heterocycles. The minimum atomic E-state index is -0.242. The lowest BCUT2D eigenvalue weighted by Gasteiger charge is -2.21. The average molecular weight is 409 g/mol. The fourth-order valence-corrected chi connectivity index (χ4v) is 3.37. The summed E-state index contributed by atoms with van der Waals surface area (Å²) in [5.41, 5.74) is 4.55. The van der Waals surface area contributed by atoms with Crippen LogP contribution in [0.3, 0.4) is 0 Å². The van der Waals surface area contributed by atoms with E-state index in [4.69, 9.17) is 4.42 Å². The lowest BCUT2D eigenvalue weighted by Crippen LogP contribution is -2.39. The van der Waals surface area contributed by atoms with Gasteiger partial charge in [0.05, 0.1) is 19.4 Å². The van der Waals surface area contributed by atoms with Crippen molar-refractivity contribution in [3.05, 3.63) is 86.5 Å². The number of carbonyl (C=O) groups is 1. The van der Waals surface area contributed by atoms with Gasteiger partial charge in [-0.2, -0.15) is 0 Å². The number of rotatable bonds is 7. The van der Waals surface area contributed by atoms with Gasteiger partial charge in [-0.3, -0.25) is 4.79 Å². The Labute approximate surface area is 176 Å². The van der Waals surface area contributed by atoms with Crippen molar-refractivity contribution in [1.29, 1.82) is 0 Å². The lowest BCUT2D eigenvalue weighted by molar-refractivity contribution is 0.186. The molecule has 158 valence electrons. The first-order valence-corrected chi connectivity index (χ1v) is 10.1. The van der Waals surface area contributed by atoms with Crippen LogP contribution in [-0.2, 0) is 19.5 Å². The second kappa shape index (κ2) is 9.43. The van der Waals surface area contributed by atoms with Crippen LogP contribution in [0.1, 0.15) is 46.5 Å². The average Bonchev–Trinajstić information content (AvgIpc) is 3.20. The van der Waals surface area contributed by atoms with Crippen LogP contribution in [-0.4, -0.2) is 27.4 Å². The predicted octanol–water partition coefficient (Wildman–Crippen LogP) is 3.61. The van der Waals surface area contributed by atoms with E-state index in [1.54, 1.807) is 23.3 Å². The molecule has 7 heteroatoms. The molecule has 0 aliphatic carbocycles. The number of aromatic amines is 1. The van der Waals surface area contributed by atoms with Crippen molar-refractivity contribution < 1.29 is 9.21 Å². The van der Waals surface area contributed by atoms with Gasteiger partial charge in [-0.25, -0.2) is 9.78 Å². The summed E-state index contributed by atoms with van der Waals surface area (Å²) in [5.74, 6) is 1.10. The summed E-state index contributed by atoms with van der Waals surface area (Å²) in [4.78, 5) is 34.3. The number of nitrogens with one attached hydrogen (secondary N) is 2. The van der Waals surface area contributed by atoms with Crippen LogP contribution >= 0.6 is 0 Å².